The van der Waals surface area contributed by atoms with Crippen molar-refractivity contribution in [2.45, 2.75) is 56.7 Å². The van der Waals surface area contributed by atoms with Crippen molar-refractivity contribution in [3.05, 3.63) is 0 Å². The maximum atomic E-state index is 6.28. The fraction of sp³-hybridized carbons (Fsp3) is 1.00. The van der Waals surface area contributed by atoms with Gasteiger partial charge in [-0.05, 0) is 39.7 Å². The molecular weight excluding hydrogens is 162 g/mol. The third-order valence-electron chi connectivity index (χ3n) is 3.64. The minimum absolute atomic E-state index is 0.110. The van der Waals surface area contributed by atoms with Crippen LogP contribution < -0.4 is 5.32 Å². The second-order valence-electron chi connectivity index (χ2n) is 4.97. The number of hydrogen-bond acceptors (Lipinski definition) is 2. The molecule has 13 heavy (non-hydrogen) atoms. The van der Waals surface area contributed by atoms with Crippen molar-refractivity contribution in [2.75, 3.05) is 13.6 Å². The first-order valence-corrected chi connectivity index (χ1v) is 5.53. The van der Waals surface area contributed by atoms with E-state index in [1.165, 1.54) is 38.5 Å². The standard InChI is InChI=1S/C11H21NO/c1-10(9-12-2)7-8-11(13-10)5-3-4-6-11/h12H,3-9H2,1-2H3. The Bertz CT molecular complexity index is 187. The number of hydrogen-bond donors (Lipinski definition) is 1. The van der Waals surface area contributed by atoms with E-state index in [-0.39, 0.29) is 11.2 Å². The van der Waals surface area contributed by atoms with Gasteiger partial charge in [0.1, 0.15) is 0 Å². The van der Waals surface area contributed by atoms with Crippen molar-refractivity contribution in [3.63, 3.8) is 0 Å². The Morgan fingerprint density at radius 2 is 1.85 bits per heavy atom. The zero-order valence-electron chi connectivity index (χ0n) is 8.86. The lowest BCUT2D eigenvalue weighted by Crippen LogP contribution is -2.39. The van der Waals surface area contributed by atoms with E-state index in [0.29, 0.717) is 0 Å². The fourth-order valence-electron chi connectivity index (χ4n) is 2.99. The van der Waals surface area contributed by atoms with Gasteiger partial charge in [0.05, 0.1) is 11.2 Å². The minimum Gasteiger partial charge on any atom is -0.368 e. The molecule has 0 amide bonds. The lowest BCUT2D eigenvalue weighted by Gasteiger charge is -2.30. The zero-order chi connectivity index (χ0) is 9.36. The van der Waals surface area contributed by atoms with Crippen molar-refractivity contribution in [3.8, 4) is 0 Å². The first kappa shape index (κ1) is 9.47. The summed E-state index contributed by atoms with van der Waals surface area (Å²) in [5.74, 6) is 0. The molecule has 0 aromatic rings. The Labute approximate surface area is 81.0 Å². The van der Waals surface area contributed by atoms with E-state index in [1.807, 2.05) is 7.05 Å². The lowest BCUT2D eigenvalue weighted by atomic mass is 9.95. The molecule has 1 N–H and O–H groups in total. The van der Waals surface area contributed by atoms with Gasteiger partial charge in [-0.3, -0.25) is 0 Å². The van der Waals surface area contributed by atoms with Gasteiger partial charge in [0.15, 0.2) is 0 Å². The van der Waals surface area contributed by atoms with Gasteiger partial charge in [-0.2, -0.15) is 0 Å². The summed E-state index contributed by atoms with van der Waals surface area (Å²) in [4.78, 5) is 0. The van der Waals surface area contributed by atoms with E-state index >= 15 is 0 Å². The predicted octanol–water partition coefficient (Wildman–Crippen LogP) is 2.09. The number of rotatable bonds is 2. The average molecular weight is 183 g/mol. The monoisotopic (exact) mass is 183 g/mol. The largest absolute Gasteiger partial charge is 0.368 e. The molecule has 1 heterocycles. The van der Waals surface area contributed by atoms with Gasteiger partial charge < -0.3 is 10.1 Å². The minimum atomic E-state index is 0.110. The van der Waals surface area contributed by atoms with Crippen LogP contribution in [0.25, 0.3) is 0 Å². The van der Waals surface area contributed by atoms with E-state index in [4.69, 9.17) is 4.74 Å². The van der Waals surface area contributed by atoms with Crippen molar-refractivity contribution in [1.29, 1.82) is 0 Å². The number of nitrogens with one attached hydrogen (secondary N) is 1. The molecule has 2 heteroatoms. The second-order valence-corrected chi connectivity index (χ2v) is 4.97. The van der Waals surface area contributed by atoms with Crippen LogP contribution in [0, 0.1) is 0 Å². The molecule has 1 aliphatic carbocycles. The lowest BCUT2D eigenvalue weighted by molar-refractivity contribution is -0.0887. The number of likely N-dealkylation sites (N-methyl/N-ethyl adjacent to an activating group) is 1. The molecule has 0 aromatic carbocycles. The molecule has 2 fully saturated rings. The van der Waals surface area contributed by atoms with Crippen LogP contribution in [0.3, 0.4) is 0 Å². The molecule has 0 bridgehead atoms. The van der Waals surface area contributed by atoms with Gasteiger partial charge in [-0.1, -0.05) is 12.8 Å². The maximum absolute atomic E-state index is 6.28. The smallest absolute Gasteiger partial charge is 0.0786 e. The molecule has 76 valence electrons. The van der Waals surface area contributed by atoms with E-state index in [2.05, 4.69) is 12.2 Å². The SMILES string of the molecule is CNCC1(C)CCC2(CCCC2)O1. The van der Waals surface area contributed by atoms with Crippen molar-refractivity contribution in [1.82, 2.24) is 5.32 Å². The summed E-state index contributed by atoms with van der Waals surface area (Å²) in [6, 6.07) is 0. The summed E-state index contributed by atoms with van der Waals surface area (Å²) in [5, 5.41) is 3.23. The molecule has 2 rings (SSSR count). The topological polar surface area (TPSA) is 21.3 Å². The molecule has 2 aliphatic rings. The summed E-state index contributed by atoms with van der Waals surface area (Å²) in [6.07, 6.45) is 7.85. The van der Waals surface area contributed by atoms with Crippen LogP contribution in [0.2, 0.25) is 0 Å². The van der Waals surface area contributed by atoms with E-state index < -0.39 is 0 Å². The highest BCUT2D eigenvalue weighted by Crippen LogP contribution is 2.47. The van der Waals surface area contributed by atoms with Crippen LogP contribution in [0.15, 0.2) is 0 Å². The van der Waals surface area contributed by atoms with Gasteiger partial charge in [0.2, 0.25) is 0 Å². The zero-order valence-corrected chi connectivity index (χ0v) is 8.86. The van der Waals surface area contributed by atoms with Gasteiger partial charge in [0, 0.05) is 6.54 Å². The van der Waals surface area contributed by atoms with Crippen LogP contribution in [0.5, 0.6) is 0 Å². The van der Waals surface area contributed by atoms with Crippen LogP contribution in [-0.2, 0) is 4.74 Å². The molecular formula is C11H21NO. The molecule has 1 spiro atoms. The number of ether oxygens (including phenoxy) is 1. The Hall–Kier alpha value is -0.0800. The molecule has 1 atom stereocenters. The van der Waals surface area contributed by atoms with Crippen molar-refractivity contribution < 1.29 is 4.74 Å². The first-order valence-electron chi connectivity index (χ1n) is 5.53. The predicted molar refractivity (Wildman–Crippen MR) is 53.8 cm³/mol. The molecule has 0 radical (unpaired) electrons. The van der Waals surface area contributed by atoms with E-state index in [1.54, 1.807) is 0 Å². The molecule has 1 saturated carbocycles. The summed E-state index contributed by atoms with van der Waals surface area (Å²) < 4.78 is 6.28. The van der Waals surface area contributed by atoms with Crippen LogP contribution in [0.1, 0.15) is 45.4 Å². The Morgan fingerprint density at radius 1 is 1.15 bits per heavy atom. The molecule has 1 saturated heterocycles. The van der Waals surface area contributed by atoms with Crippen molar-refractivity contribution >= 4 is 0 Å². The Kier molecular flexibility index (Phi) is 2.37. The van der Waals surface area contributed by atoms with Crippen LogP contribution >= 0.6 is 0 Å². The normalized spacial score (nSPS) is 37.4. The summed E-state index contributed by atoms with van der Waals surface area (Å²) in [7, 11) is 2.01. The summed E-state index contributed by atoms with van der Waals surface area (Å²) in [5.41, 5.74) is 0.394. The first-order chi connectivity index (χ1) is 6.18. The third kappa shape index (κ3) is 1.75. The average Bonchev–Trinajstić information content (AvgIpc) is 2.63. The van der Waals surface area contributed by atoms with Crippen LogP contribution in [0.4, 0.5) is 0 Å². The summed E-state index contributed by atoms with van der Waals surface area (Å²) in [6.45, 7) is 3.24. The highest BCUT2D eigenvalue weighted by Gasteiger charge is 2.47. The van der Waals surface area contributed by atoms with E-state index in [0.717, 1.165) is 6.54 Å². The highest BCUT2D eigenvalue weighted by molar-refractivity contribution is 4.98. The Balaban J connectivity index is 1.99. The molecule has 1 unspecified atom stereocenters. The summed E-state index contributed by atoms with van der Waals surface area (Å²) >= 11 is 0. The Morgan fingerprint density at radius 3 is 2.46 bits per heavy atom. The van der Waals surface area contributed by atoms with E-state index in [9.17, 15) is 0 Å². The molecule has 1 aliphatic heterocycles. The van der Waals surface area contributed by atoms with Gasteiger partial charge in [-0.25, -0.2) is 0 Å². The fourth-order valence-corrected chi connectivity index (χ4v) is 2.99. The molecule has 0 aromatic heterocycles. The van der Waals surface area contributed by atoms with Gasteiger partial charge in [0.25, 0.3) is 0 Å². The third-order valence-corrected chi connectivity index (χ3v) is 3.64. The van der Waals surface area contributed by atoms with Crippen molar-refractivity contribution in [2.24, 2.45) is 0 Å². The van der Waals surface area contributed by atoms with Gasteiger partial charge >= 0.3 is 0 Å². The molecule has 2 nitrogen and oxygen atoms in total. The second kappa shape index (κ2) is 3.25. The van der Waals surface area contributed by atoms with Crippen LogP contribution in [-0.4, -0.2) is 24.8 Å². The maximum Gasteiger partial charge on any atom is 0.0786 e. The van der Waals surface area contributed by atoms with Gasteiger partial charge in [-0.15, -0.1) is 0 Å². The quantitative estimate of drug-likeness (QED) is 0.707. The highest BCUT2D eigenvalue weighted by atomic mass is 16.5.